The van der Waals surface area contributed by atoms with E-state index in [2.05, 4.69) is 15.1 Å². The van der Waals surface area contributed by atoms with Crippen molar-refractivity contribution in [1.29, 1.82) is 0 Å². The zero-order valence-corrected chi connectivity index (χ0v) is 18.2. The van der Waals surface area contributed by atoms with Gasteiger partial charge in [0.15, 0.2) is 12.4 Å². The van der Waals surface area contributed by atoms with Crippen LogP contribution in [0.25, 0.3) is 11.3 Å². The maximum absolute atomic E-state index is 12.5. The second-order valence-electron chi connectivity index (χ2n) is 7.34. The SMILES string of the molecule is COc1ccc(OCC(=O)N2CCN(c3ccc(-c4ccc(OC)cc4)nn3)CC2)cc1. The lowest BCUT2D eigenvalue weighted by molar-refractivity contribution is -0.133. The Balaban J connectivity index is 1.27. The van der Waals surface area contributed by atoms with Crippen LogP contribution in [0.15, 0.2) is 60.7 Å². The lowest BCUT2D eigenvalue weighted by atomic mass is 10.1. The van der Waals surface area contributed by atoms with Gasteiger partial charge in [-0.05, 0) is 60.7 Å². The quantitative estimate of drug-likeness (QED) is 0.566. The van der Waals surface area contributed by atoms with E-state index in [4.69, 9.17) is 14.2 Å². The van der Waals surface area contributed by atoms with Crippen molar-refractivity contribution < 1.29 is 19.0 Å². The fraction of sp³-hybridized carbons (Fsp3) is 0.292. The molecule has 1 saturated heterocycles. The van der Waals surface area contributed by atoms with Gasteiger partial charge in [0, 0.05) is 31.7 Å². The minimum Gasteiger partial charge on any atom is -0.497 e. The number of nitrogens with zero attached hydrogens (tertiary/aromatic N) is 4. The molecule has 0 N–H and O–H groups in total. The van der Waals surface area contributed by atoms with Crippen molar-refractivity contribution in [1.82, 2.24) is 15.1 Å². The molecule has 8 nitrogen and oxygen atoms in total. The molecule has 1 aliphatic heterocycles. The summed E-state index contributed by atoms with van der Waals surface area (Å²) in [6.07, 6.45) is 0. The molecule has 2 aromatic carbocycles. The smallest absolute Gasteiger partial charge is 0.260 e. The molecule has 166 valence electrons. The van der Waals surface area contributed by atoms with Crippen LogP contribution in [0.2, 0.25) is 0 Å². The number of benzene rings is 2. The van der Waals surface area contributed by atoms with E-state index < -0.39 is 0 Å². The van der Waals surface area contributed by atoms with Gasteiger partial charge in [0.1, 0.15) is 17.2 Å². The molecular weight excluding hydrogens is 408 g/mol. The van der Waals surface area contributed by atoms with Crippen LogP contribution in [-0.2, 0) is 4.79 Å². The fourth-order valence-electron chi connectivity index (χ4n) is 3.50. The highest BCUT2D eigenvalue weighted by Gasteiger charge is 2.22. The number of piperazine rings is 1. The molecule has 1 aliphatic rings. The normalized spacial score (nSPS) is 13.6. The molecule has 0 bridgehead atoms. The van der Waals surface area contributed by atoms with E-state index in [1.165, 1.54) is 0 Å². The summed E-state index contributed by atoms with van der Waals surface area (Å²) >= 11 is 0. The van der Waals surface area contributed by atoms with Crippen molar-refractivity contribution in [2.75, 3.05) is 51.9 Å². The number of amides is 1. The average molecular weight is 434 g/mol. The molecule has 32 heavy (non-hydrogen) atoms. The Labute approximate surface area is 187 Å². The van der Waals surface area contributed by atoms with E-state index in [1.54, 1.807) is 38.5 Å². The number of aromatic nitrogens is 2. The van der Waals surface area contributed by atoms with Crippen LogP contribution < -0.4 is 19.1 Å². The van der Waals surface area contributed by atoms with Gasteiger partial charge in [-0.3, -0.25) is 4.79 Å². The first kappa shape index (κ1) is 21.4. The van der Waals surface area contributed by atoms with Crippen LogP contribution in [-0.4, -0.2) is 68.0 Å². The molecule has 0 spiro atoms. The second kappa shape index (κ2) is 10.00. The molecule has 1 amide bonds. The highest BCUT2D eigenvalue weighted by Crippen LogP contribution is 2.22. The van der Waals surface area contributed by atoms with Gasteiger partial charge in [0.05, 0.1) is 19.9 Å². The van der Waals surface area contributed by atoms with Gasteiger partial charge in [0.25, 0.3) is 5.91 Å². The standard InChI is InChI=1S/C24H26N4O4/c1-30-19-5-3-18(4-6-19)22-11-12-23(26-25-22)27-13-15-28(16-14-27)24(29)17-32-21-9-7-20(31-2)8-10-21/h3-12H,13-17H2,1-2H3. The predicted molar refractivity (Wildman–Crippen MR) is 121 cm³/mol. The van der Waals surface area contributed by atoms with Gasteiger partial charge in [-0.25, -0.2) is 0 Å². The Morgan fingerprint density at radius 3 is 1.94 bits per heavy atom. The molecule has 0 radical (unpaired) electrons. The van der Waals surface area contributed by atoms with Gasteiger partial charge in [0.2, 0.25) is 0 Å². The highest BCUT2D eigenvalue weighted by molar-refractivity contribution is 5.78. The summed E-state index contributed by atoms with van der Waals surface area (Å²) in [5.74, 6) is 2.98. The predicted octanol–water partition coefficient (Wildman–Crippen LogP) is 2.89. The summed E-state index contributed by atoms with van der Waals surface area (Å²) in [6, 6.07) is 18.8. The third-order valence-electron chi connectivity index (χ3n) is 5.41. The Morgan fingerprint density at radius 2 is 1.38 bits per heavy atom. The largest absolute Gasteiger partial charge is 0.497 e. The van der Waals surface area contributed by atoms with Crippen LogP contribution >= 0.6 is 0 Å². The summed E-state index contributed by atoms with van der Waals surface area (Å²) in [5, 5.41) is 8.75. The number of anilines is 1. The minimum absolute atomic E-state index is 0.0166. The van der Waals surface area contributed by atoms with E-state index in [9.17, 15) is 4.79 Å². The number of carbonyl (C=O) groups is 1. The van der Waals surface area contributed by atoms with Crippen molar-refractivity contribution in [3.63, 3.8) is 0 Å². The summed E-state index contributed by atoms with van der Waals surface area (Å²) in [6.45, 7) is 2.65. The molecule has 3 aromatic rings. The minimum atomic E-state index is -0.0265. The van der Waals surface area contributed by atoms with Crippen molar-refractivity contribution in [2.45, 2.75) is 0 Å². The maximum atomic E-state index is 12.5. The van der Waals surface area contributed by atoms with Crippen LogP contribution in [0.3, 0.4) is 0 Å². The number of hydrogen-bond acceptors (Lipinski definition) is 7. The number of hydrogen-bond donors (Lipinski definition) is 0. The topological polar surface area (TPSA) is 77.0 Å². The van der Waals surface area contributed by atoms with Crippen LogP contribution in [0.1, 0.15) is 0 Å². The van der Waals surface area contributed by atoms with Gasteiger partial charge >= 0.3 is 0 Å². The Morgan fingerprint density at radius 1 is 0.781 bits per heavy atom. The molecule has 2 heterocycles. The first-order valence-corrected chi connectivity index (χ1v) is 10.4. The molecule has 8 heteroatoms. The fourth-order valence-corrected chi connectivity index (χ4v) is 3.50. The van der Waals surface area contributed by atoms with Crippen molar-refractivity contribution in [3.8, 4) is 28.5 Å². The molecule has 1 aromatic heterocycles. The molecule has 0 unspecified atom stereocenters. The Bertz CT molecular complexity index is 1020. The van der Waals surface area contributed by atoms with E-state index in [-0.39, 0.29) is 12.5 Å². The van der Waals surface area contributed by atoms with Crippen LogP contribution in [0.4, 0.5) is 5.82 Å². The van der Waals surface area contributed by atoms with Gasteiger partial charge in [-0.2, -0.15) is 0 Å². The molecule has 0 atom stereocenters. The number of carbonyl (C=O) groups excluding carboxylic acids is 1. The van der Waals surface area contributed by atoms with Crippen molar-refractivity contribution >= 4 is 11.7 Å². The number of rotatable bonds is 7. The highest BCUT2D eigenvalue weighted by atomic mass is 16.5. The zero-order valence-electron chi connectivity index (χ0n) is 18.2. The first-order chi connectivity index (χ1) is 15.7. The lowest BCUT2D eigenvalue weighted by Crippen LogP contribution is -2.50. The monoisotopic (exact) mass is 434 g/mol. The number of methoxy groups -OCH3 is 2. The first-order valence-electron chi connectivity index (χ1n) is 10.4. The molecule has 4 rings (SSSR count). The molecule has 0 aliphatic carbocycles. The van der Waals surface area contributed by atoms with E-state index in [0.29, 0.717) is 31.9 Å². The summed E-state index contributed by atoms with van der Waals surface area (Å²) in [5.41, 5.74) is 1.79. The van der Waals surface area contributed by atoms with Gasteiger partial charge in [-0.15, -0.1) is 10.2 Å². The summed E-state index contributed by atoms with van der Waals surface area (Å²) < 4.78 is 15.9. The van der Waals surface area contributed by atoms with Gasteiger partial charge in [-0.1, -0.05) is 0 Å². The average Bonchev–Trinajstić information content (AvgIpc) is 2.88. The summed E-state index contributed by atoms with van der Waals surface area (Å²) in [7, 11) is 3.25. The van der Waals surface area contributed by atoms with Crippen molar-refractivity contribution in [3.05, 3.63) is 60.7 Å². The van der Waals surface area contributed by atoms with E-state index in [1.807, 2.05) is 41.3 Å². The maximum Gasteiger partial charge on any atom is 0.260 e. The number of ether oxygens (including phenoxy) is 3. The summed E-state index contributed by atoms with van der Waals surface area (Å²) in [4.78, 5) is 16.5. The van der Waals surface area contributed by atoms with Crippen LogP contribution in [0.5, 0.6) is 17.2 Å². The Hall–Kier alpha value is -3.81. The zero-order chi connectivity index (χ0) is 22.3. The molecule has 0 saturated carbocycles. The van der Waals surface area contributed by atoms with Crippen molar-refractivity contribution in [2.24, 2.45) is 0 Å². The second-order valence-corrected chi connectivity index (χ2v) is 7.34. The van der Waals surface area contributed by atoms with Gasteiger partial charge < -0.3 is 24.0 Å². The van der Waals surface area contributed by atoms with E-state index >= 15 is 0 Å². The van der Waals surface area contributed by atoms with Crippen LogP contribution in [0, 0.1) is 0 Å². The van der Waals surface area contributed by atoms with E-state index in [0.717, 1.165) is 28.6 Å². The lowest BCUT2D eigenvalue weighted by Gasteiger charge is -2.35. The Kier molecular flexibility index (Phi) is 6.69. The third-order valence-corrected chi connectivity index (χ3v) is 5.41. The third kappa shape index (κ3) is 5.08. The molecule has 1 fully saturated rings. The molecular formula is C24H26N4O4.